The van der Waals surface area contributed by atoms with Crippen LogP contribution < -0.4 is 4.90 Å². The highest BCUT2D eigenvalue weighted by molar-refractivity contribution is 5.53. The van der Waals surface area contributed by atoms with Crippen LogP contribution in [0.5, 0.6) is 0 Å². The molecule has 1 atom stereocenters. The summed E-state index contributed by atoms with van der Waals surface area (Å²) >= 11 is 0. The van der Waals surface area contributed by atoms with E-state index in [0.717, 1.165) is 19.5 Å². The Labute approximate surface area is 111 Å². The average molecular weight is 247 g/mol. The highest BCUT2D eigenvalue weighted by Gasteiger charge is 2.21. The molecule has 1 aromatic rings. The fraction of sp³-hybridized carbons (Fsp3) is 0.625. The maximum absolute atomic E-state index is 9.64. The first-order valence-corrected chi connectivity index (χ1v) is 7.06. The Kier molecular flexibility index (Phi) is 3.96. The highest BCUT2D eigenvalue weighted by atomic mass is 16.3. The van der Waals surface area contributed by atoms with Crippen LogP contribution in [0.25, 0.3) is 0 Å². The van der Waals surface area contributed by atoms with E-state index >= 15 is 0 Å². The predicted octanol–water partition coefficient (Wildman–Crippen LogP) is 3.50. The number of aliphatic hydroxyl groups excluding tert-OH is 1. The molecule has 1 aliphatic heterocycles. The topological polar surface area (TPSA) is 23.5 Å². The molecule has 0 amide bonds. The van der Waals surface area contributed by atoms with Crippen molar-refractivity contribution >= 4 is 5.69 Å². The number of aliphatic hydroxyl groups is 1. The molecule has 2 rings (SSSR count). The van der Waals surface area contributed by atoms with Crippen LogP contribution in [0.4, 0.5) is 5.69 Å². The number of rotatable bonds is 3. The van der Waals surface area contributed by atoms with Crippen LogP contribution in [-0.2, 0) is 0 Å². The minimum Gasteiger partial charge on any atom is -0.391 e. The number of nitrogens with zero attached hydrogens (tertiary/aromatic N) is 1. The number of β-amino-alcohol motifs (C(OH)–C–C–N with tert-alkyl or cyclic N) is 1. The summed E-state index contributed by atoms with van der Waals surface area (Å²) in [7, 11) is 0. The number of anilines is 1. The molecule has 18 heavy (non-hydrogen) atoms. The van der Waals surface area contributed by atoms with E-state index in [-0.39, 0.29) is 6.10 Å². The zero-order valence-corrected chi connectivity index (χ0v) is 12.0. The monoisotopic (exact) mass is 247 g/mol. The van der Waals surface area contributed by atoms with E-state index < -0.39 is 0 Å². The van der Waals surface area contributed by atoms with Crippen LogP contribution in [0.15, 0.2) is 18.2 Å². The lowest BCUT2D eigenvalue weighted by molar-refractivity contribution is 0.198. The molecule has 2 nitrogen and oxygen atoms in total. The summed E-state index contributed by atoms with van der Waals surface area (Å²) in [5.74, 6) is 1.12. The molecule has 0 aromatic heterocycles. The Balaban J connectivity index is 2.31. The molecule has 2 heteroatoms. The zero-order chi connectivity index (χ0) is 13.3. The van der Waals surface area contributed by atoms with Crippen molar-refractivity contribution in [2.24, 2.45) is 0 Å². The number of hydrogen-bond acceptors (Lipinski definition) is 2. The zero-order valence-electron chi connectivity index (χ0n) is 12.0. The van der Waals surface area contributed by atoms with Gasteiger partial charge in [-0.25, -0.2) is 0 Å². The normalized spacial score (nSPS) is 20.2. The second-order valence-electron chi connectivity index (χ2n) is 6.01. The summed E-state index contributed by atoms with van der Waals surface area (Å²) in [6.45, 7) is 10.8. The van der Waals surface area contributed by atoms with E-state index in [4.69, 9.17) is 0 Å². The first-order chi connectivity index (χ1) is 8.49. The molecule has 1 heterocycles. The minimum atomic E-state index is -0.155. The maximum Gasteiger partial charge on any atom is 0.0731 e. The van der Waals surface area contributed by atoms with Gasteiger partial charge >= 0.3 is 0 Å². The van der Waals surface area contributed by atoms with Crippen LogP contribution in [0.3, 0.4) is 0 Å². The molecule has 1 saturated heterocycles. The van der Waals surface area contributed by atoms with Gasteiger partial charge in [0.05, 0.1) is 6.10 Å². The molecular weight excluding hydrogens is 222 g/mol. The molecular formula is C16H25NO. The third-order valence-corrected chi connectivity index (χ3v) is 3.84. The van der Waals surface area contributed by atoms with Crippen molar-refractivity contribution in [3.05, 3.63) is 29.3 Å². The summed E-state index contributed by atoms with van der Waals surface area (Å²) < 4.78 is 0. The Hall–Kier alpha value is -1.02. The summed E-state index contributed by atoms with van der Waals surface area (Å²) in [5.41, 5.74) is 4.16. The lowest BCUT2D eigenvalue weighted by atomic mass is 9.90. The van der Waals surface area contributed by atoms with E-state index in [1.54, 1.807) is 0 Å². The Bertz CT molecular complexity index is 412. The van der Waals surface area contributed by atoms with Gasteiger partial charge in [-0.15, -0.1) is 0 Å². The largest absolute Gasteiger partial charge is 0.391 e. The molecule has 1 aromatic carbocycles. The van der Waals surface area contributed by atoms with Gasteiger partial charge in [-0.2, -0.15) is 0 Å². The lowest BCUT2D eigenvalue weighted by Crippen LogP contribution is -2.21. The van der Waals surface area contributed by atoms with E-state index in [2.05, 4.69) is 50.8 Å². The Morgan fingerprint density at radius 2 is 1.78 bits per heavy atom. The van der Waals surface area contributed by atoms with Crippen molar-refractivity contribution in [2.45, 2.75) is 52.1 Å². The van der Waals surface area contributed by atoms with Crippen molar-refractivity contribution in [2.75, 3.05) is 18.0 Å². The molecule has 1 unspecified atom stereocenters. The van der Waals surface area contributed by atoms with Gasteiger partial charge in [0.2, 0.25) is 0 Å². The number of benzene rings is 1. The smallest absolute Gasteiger partial charge is 0.0731 e. The Morgan fingerprint density at radius 3 is 2.28 bits per heavy atom. The quantitative estimate of drug-likeness (QED) is 0.883. The molecule has 0 aliphatic carbocycles. The fourth-order valence-corrected chi connectivity index (χ4v) is 2.76. The van der Waals surface area contributed by atoms with E-state index in [1.165, 1.54) is 16.8 Å². The van der Waals surface area contributed by atoms with E-state index in [9.17, 15) is 5.11 Å². The van der Waals surface area contributed by atoms with Gasteiger partial charge in [0.1, 0.15) is 0 Å². The van der Waals surface area contributed by atoms with E-state index in [1.807, 2.05) is 0 Å². The summed E-state index contributed by atoms with van der Waals surface area (Å²) in [5, 5.41) is 9.64. The molecule has 1 fully saturated rings. The second kappa shape index (κ2) is 5.31. The summed E-state index contributed by atoms with van der Waals surface area (Å²) in [6, 6.07) is 6.79. The third-order valence-electron chi connectivity index (χ3n) is 3.84. The van der Waals surface area contributed by atoms with Crippen LogP contribution in [0, 0.1) is 0 Å². The molecule has 0 saturated carbocycles. The fourth-order valence-electron chi connectivity index (χ4n) is 2.76. The molecule has 0 radical (unpaired) electrons. The standard InChI is InChI=1S/C16H25NO/c1-11(2)15-6-5-13(9-16(15)12(3)4)17-8-7-14(18)10-17/h5-6,9,11-12,14,18H,7-8,10H2,1-4H3. The molecule has 0 spiro atoms. The van der Waals surface area contributed by atoms with Crippen molar-refractivity contribution in [1.29, 1.82) is 0 Å². The van der Waals surface area contributed by atoms with Gasteiger partial charge in [0.15, 0.2) is 0 Å². The van der Waals surface area contributed by atoms with Crippen molar-refractivity contribution < 1.29 is 5.11 Å². The van der Waals surface area contributed by atoms with Gasteiger partial charge in [-0.05, 0) is 41.5 Å². The van der Waals surface area contributed by atoms with Gasteiger partial charge < -0.3 is 10.0 Å². The second-order valence-corrected chi connectivity index (χ2v) is 6.01. The third kappa shape index (κ3) is 2.69. The van der Waals surface area contributed by atoms with Crippen molar-refractivity contribution in [1.82, 2.24) is 0 Å². The molecule has 100 valence electrons. The maximum atomic E-state index is 9.64. The van der Waals surface area contributed by atoms with E-state index in [0.29, 0.717) is 11.8 Å². The van der Waals surface area contributed by atoms with Crippen LogP contribution in [0.1, 0.15) is 57.1 Å². The lowest BCUT2D eigenvalue weighted by Gasteiger charge is -2.23. The SMILES string of the molecule is CC(C)c1ccc(N2CCC(O)C2)cc1C(C)C. The number of hydrogen-bond donors (Lipinski definition) is 1. The minimum absolute atomic E-state index is 0.155. The summed E-state index contributed by atoms with van der Waals surface area (Å²) in [4.78, 5) is 2.29. The first-order valence-electron chi connectivity index (χ1n) is 7.06. The van der Waals surface area contributed by atoms with Gasteiger partial charge in [-0.1, -0.05) is 33.8 Å². The van der Waals surface area contributed by atoms with Crippen molar-refractivity contribution in [3.8, 4) is 0 Å². The van der Waals surface area contributed by atoms with Gasteiger partial charge in [0.25, 0.3) is 0 Å². The van der Waals surface area contributed by atoms with Gasteiger partial charge in [0, 0.05) is 18.8 Å². The average Bonchev–Trinajstić information content (AvgIpc) is 2.75. The van der Waals surface area contributed by atoms with Crippen LogP contribution in [-0.4, -0.2) is 24.3 Å². The van der Waals surface area contributed by atoms with Gasteiger partial charge in [-0.3, -0.25) is 0 Å². The van der Waals surface area contributed by atoms with Crippen LogP contribution in [0.2, 0.25) is 0 Å². The predicted molar refractivity (Wildman–Crippen MR) is 77.5 cm³/mol. The van der Waals surface area contributed by atoms with Crippen LogP contribution >= 0.6 is 0 Å². The van der Waals surface area contributed by atoms with Crippen molar-refractivity contribution in [3.63, 3.8) is 0 Å². The summed E-state index contributed by atoms with van der Waals surface area (Å²) in [6.07, 6.45) is 0.737. The molecule has 0 bridgehead atoms. The highest BCUT2D eigenvalue weighted by Crippen LogP contribution is 2.31. The Morgan fingerprint density at radius 1 is 1.11 bits per heavy atom. The molecule has 1 N–H and O–H groups in total. The molecule has 1 aliphatic rings. The first kappa shape index (κ1) is 13.4.